The first-order valence-electron chi connectivity index (χ1n) is 8.23. The van der Waals surface area contributed by atoms with Gasteiger partial charge in [0.05, 0.1) is 0 Å². The Bertz CT molecular complexity index is 512. The van der Waals surface area contributed by atoms with E-state index in [4.69, 9.17) is 0 Å². The summed E-state index contributed by atoms with van der Waals surface area (Å²) in [5.41, 5.74) is 5.00. The predicted molar refractivity (Wildman–Crippen MR) is 98.7 cm³/mol. The number of benzene rings is 1. The third-order valence-electron chi connectivity index (χ3n) is 3.33. The van der Waals surface area contributed by atoms with Gasteiger partial charge in [0.25, 0.3) is 0 Å². The molecule has 1 aromatic rings. The zero-order valence-electron chi connectivity index (χ0n) is 15.1. The van der Waals surface area contributed by atoms with Crippen LogP contribution in [0.15, 0.2) is 35.3 Å². The van der Waals surface area contributed by atoms with E-state index in [0.29, 0.717) is 12.2 Å². The molecule has 0 radical (unpaired) electrons. The van der Waals surface area contributed by atoms with Crippen molar-refractivity contribution < 1.29 is 4.79 Å². The SMILES string of the molecule is CCCC(=O)CC.CCN=C(C)/C=C(\C)c1ccccc1C. The Hall–Kier alpha value is -1.70. The Kier molecular flexibility index (Phi) is 11.0. The van der Waals surface area contributed by atoms with Crippen LogP contribution < -0.4 is 0 Å². The molecule has 22 heavy (non-hydrogen) atoms. The normalized spacial score (nSPS) is 11.7. The Morgan fingerprint density at radius 1 is 1.14 bits per heavy atom. The zero-order chi connectivity index (χ0) is 17.0. The summed E-state index contributed by atoms with van der Waals surface area (Å²) in [7, 11) is 0. The van der Waals surface area contributed by atoms with Crippen molar-refractivity contribution in [3.63, 3.8) is 0 Å². The number of rotatable bonds is 6. The molecule has 0 aliphatic rings. The molecular formula is C20H31NO. The van der Waals surface area contributed by atoms with Crippen LogP contribution in [0.5, 0.6) is 0 Å². The van der Waals surface area contributed by atoms with Crippen LogP contribution in [-0.4, -0.2) is 18.0 Å². The minimum absolute atomic E-state index is 0.377. The molecule has 0 spiro atoms. The molecule has 0 bridgehead atoms. The van der Waals surface area contributed by atoms with Crippen LogP contribution in [0.25, 0.3) is 5.57 Å². The third-order valence-corrected chi connectivity index (χ3v) is 3.33. The number of carbonyl (C=O) groups excluding carboxylic acids is 1. The second kappa shape index (κ2) is 11.9. The summed E-state index contributed by atoms with van der Waals surface area (Å²) in [5, 5.41) is 0. The Balaban J connectivity index is 0.000000534. The van der Waals surface area contributed by atoms with Gasteiger partial charge in [-0.3, -0.25) is 9.79 Å². The van der Waals surface area contributed by atoms with E-state index in [2.05, 4.69) is 56.1 Å². The number of aryl methyl sites for hydroxylation is 1. The average Bonchev–Trinajstić information content (AvgIpc) is 2.48. The first kappa shape index (κ1) is 20.3. The molecule has 0 aliphatic heterocycles. The monoisotopic (exact) mass is 301 g/mol. The lowest BCUT2D eigenvalue weighted by Gasteiger charge is -2.05. The summed E-state index contributed by atoms with van der Waals surface area (Å²) in [6.45, 7) is 13.1. The van der Waals surface area contributed by atoms with Crippen LogP contribution in [0.3, 0.4) is 0 Å². The topological polar surface area (TPSA) is 29.4 Å². The van der Waals surface area contributed by atoms with Gasteiger partial charge in [-0.25, -0.2) is 0 Å². The second-order valence-corrected chi connectivity index (χ2v) is 5.40. The van der Waals surface area contributed by atoms with Crippen molar-refractivity contribution in [1.82, 2.24) is 0 Å². The summed E-state index contributed by atoms with van der Waals surface area (Å²) in [5.74, 6) is 0.377. The van der Waals surface area contributed by atoms with Crippen LogP contribution >= 0.6 is 0 Å². The van der Waals surface area contributed by atoms with E-state index in [9.17, 15) is 4.79 Å². The van der Waals surface area contributed by atoms with Gasteiger partial charge in [-0.15, -0.1) is 0 Å². The molecule has 1 aromatic carbocycles. The Morgan fingerprint density at radius 3 is 2.23 bits per heavy atom. The fourth-order valence-electron chi connectivity index (χ4n) is 2.16. The summed E-state index contributed by atoms with van der Waals surface area (Å²) in [6, 6.07) is 8.43. The van der Waals surface area contributed by atoms with E-state index in [0.717, 1.165) is 25.1 Å². The number of aliphatic imine (C=N–C) groups is 1. The number of Topliss-reactive ketones (excluding diaryl/α,β-unsaturated/α-hetero) is 1. The standard InChI is InChI=1S/C14H19N.C6H12O/c1-5-15-13(4)10-12(3)14-9-7-6-8-11(14)2;1-3-5-6(7)4-2/h6-10H,5H2,1-4H3;3-5H2,1-2H3/b12-10+,15-13?;. The number of hydrogen-bond donors (Lipinski definition) is 0. The fourth-order valence-corrected chi connectivity index (χ4v) is 2.16. The predicted octanol–water partition coefficient (Wildman–Crippen LogP) is 5.64. The van der Waals surface area contributed by atoms with Crippen LogP contribution in [-0.2, 0) is 4.79 Å². The van der Waals surface area contributed by atoms with E-state index in [1.54, 1.807) is 0 Å². The maximum atomic E-state index is 10.4. The minimum Gasteiger partial charge on any atom is -0.300 e. The van der Waals surface area contributed by atoms with Gasteiger partial charge in [0.15, 0.2) is 0 Å². The van der Waals surface area contributed by atoms with Crippen LogP contribution in [0.4, 0.5) is 0 Å². The molecular weight excluding hydrogens is 270 g/mol. The smallest absolute Gasteiger partial charge is 0.132 e. The van der Waals surface area contributed by atoms with Gasteiger partial charge in [0.2, 0.25) is 0 Å². The summed E-state index contributed by atoms with van der Waals surface area (Å²) in [6.07, 6.45) is 4.60. The highest BCUT2D eigenvalue weighted by Gasteiger charge is 1.98. The maximum Gasteiger partial charge on any atom is 0.132 e. The van der Waals surface area contributed by atoms with Crippen molar-refractivity contribution in [2.45, 2.75) is 60.8 Å². The molecule has 0 saturated carbocycles. The third kappa shape index (κ3) is 8.56. The van der Waals surface area contributed by atoms with Gasteiger partial charge in [0.1, 0.15) is 5.78 Å². The van der Waals surface area contributed by atoms with Gasteiger partial charge in [-0.05, 0) is 56.9 Å². The lowest BCUT2D eigenvalue weighted by molar-refractivity contribution is -0.118. The highest BCUT2D eigenvalue weighted by molar-refractivity contribution is 5.99. The number of ketones is 1. The molecule has 0 amide bonds. The van der Waals surface area contributed by atoms with Crippen molar-refractivity contribution in [1.29, 1.82) is 0 Å². The van der Waals surface area contributed by atoms with Crippen molar-refractivity contribution >= 4 is 17.1 Å². The largest absolute Gasteiger partial charge is 0.300 e. The Morgan fingerprint density at radius 2 is 1.77 bits per heavy atom. The van der Waals surface area contributed by atoms with Gasteiger partial charge in [0, 0.05) is 25.1 Å². The summed E-state index contributed by atoms with van der Waals surface area (Å²) >= 11 is 0. The van der Waals surface area contributed by atoms with Crippen molar-refractivity contribution in [2.24, 2.45) is 4.99 Å². The first-order valence-corrected chi connectivity index (χ1v) is 8.23. The van der Waals surface area contributed by atoms with Gasteiger partial charge < -0.3 is 0 Å². The molecule has 122 valence electrons. The average molecular weight is 301 g/mol. The first-order chi connectivity index (χ1) is 10.5. The quantitative estimate of drug-likeness (QED) is 0.625. The van der Waals surface area contributed by atoms with Crippen LogP contribution in [0.1, 0.15) is 65.0 Å². The van der Waals surface area contributed by atoms with Gasteiger partial charge in [-0.2, -0.15) is 0 Å². The van der Waals surface area contributed by atoms with E-state index in [1.165, 1.54) is 16.7 Å². The summed E-state index contributed by atoms with van der Waals surface area (Å²) < 4.78 is 0. The van der Waals surface area contributed by atoms with E-state index in [1.807, 2.05) is 20.8 Å². The molecule has 2 heteroatoms. The number of hydrogen-bond acceptors (Lipinski definition) is 2. The van der Waals surface area contributed by atoms with E-state index >= 15 is 0 Å². The lowest BCUT2D eigenvalue weighted by atomic mass is 10.0. The number of carbonyl (C=O) groups is 1. The summed E-state index contributed by atoms with van der Waals surface area (Å²) in [4.78, 5) is 14.8. The van der Waals surface area contributed by atoms with E-state index in [-0.39, 0.29) is 0 Å². The maximum absolute atomic E-state index is 10.4. The van der Waals surface area contributed by atoms with Crippen molar-refractivity contribution in [2.75, 3.05) is 6.54 Å². The van der Waals surface area contributed by atoms with Gasteiger partial charge in [-0.1, -0.05) is 38.1 Å². The minimum atomic E-state index is 0.377. The molecule has 0 heterocycles. The molecule has 0 N–H and O–H groups in total. The van der Waals surface area contributed by atoms with Crippen LogP contribution in [0.2, 0.25) is 0 Å². The van der Waals surface area contributed by atoms with Crippen molar-refractivity contribution in [3.05, 3.63) is 41.5 Å². The second-order valence-electron chi connectivity index (χ2n) is 5.40. The molecule has 0 aromatic heterocycles. The van der Waals surface area contributed by atoms with Crippen molar-refractivity contribution in [3.8, 4) is 0 Å². The molecule has 1 rings (SSSR count). The Labute approximate surface area is 136 Å². The lowest BCUT2D eigenvalue weighted by Crippen LogP contribution is -1.91. The fraction of sp³-hybridized carbons (Fsp3) is 0.500. The molecule has 0 saturated heterocycles. The number of nitrogens with zero attached hydrogens (tertiary/aromatic N) is 1. The van der Waals surface area contributed by atoms with Crippen LogP contribution in [0, 0.1) is 6.92 Å². The molecule has 0 aliphatic carbocycles. The molecule has 0 fully saturated rings. The van der Waals surface area contributed by atoms with Gasteiger partial charge >= 0.3 is 0 Å². The molecule has 0 atom stereocenters. The number of allylic oxidation sites excluding steroid dienone is 2. The zero-order valence-corrected chi connectivity index (χ0v) is 15.1. The molecule has 0 unspecified atom stereocenters. The highest BCUT2D eigenvalue weighted by atomic mass is 16.1. The highest BCUT2D eigenvalue weighted by Crippen LogP contribution is 2.17. The van der Waals surface area contributed by atoms with E-state index < -0.39 is 0 Å². The molecule has 2 nitrogen and oxygen atoms in total.